The van der Waals surface area contributed by atoms with Gasteiger partial charge in [0.05, 0.1) is 12.8 Å². The first kappa shape index (κ1) is 19.3. The highest BCUT2D eigenvalue weighted by Gasteiger charge is 2.16. The van der Waals surface area contributed by atoms with Crippen LogP contribution in [0.4, 0.5) is 0 Å². The van der Waals surface area contributed by atoms with Crippen LogP contribution in [0, 0.1) is 0 Å². The van der Waals surface area contributed by atoms with Crippen molar-refractivity contribution in [3.8, 4) is 11.5 Å². The van der Waals surface area contributed by atoms with Gasteiger partial charge in [-0.25, -0.2) is 0 Å². The zero-order valence-electron chi connectivity index (χ0n) is 16.8. The summed E-state index contributed by atoms with van der Waals surface area (Å²) in [6.07, 6.45) is 1.72. The van der Waals surface area contributed by atoms with E-state index in [0.717, 1.165) is 32.7 Å². The molecular formula is C24H27N3O2. The second-order valence-corrected chi connectivity index (χ2v) is 7.24. The third-order valence-corrected chi connectivity index (χ3v) is 5.31. The number of benzene rings is 3. The molecule has 0 aromatic heterocycles. The van der Waals surface area contributed by atoms with E-state index in [1.165, 1.54) is 16.3 Å². The van der Waals surface area contributed by atoms with Crippen LogP contribution in [0.2, 0.25) is 0 Å². The highest BCUT2D eigenvalue weighted by Crippen LogP contribution is 2.28. The van der Waals surface area contributed by atoms with Crippen molar-refractivity contribution in [2.45, 2.75) is 13.5 Å². The smallest absolute Gasteiger partial charge is 0.166 e. The van der Waals surface area contributed by atoms with Gasteiger partial charge in [0, 0.05) is 38.3 Å². The molecule has 0 atom stereocenters. The monoisotopic (exact) mass is 389 g/mol. The Balaban J connectivity index is 1.36. The number of fused-ring (bicyclic) bond motifs is 1. The number of para-hydroxylation sites is 1. The van der Waals surface area contributed by atoms with Crippen LogP contribution in [0.1, 0.15) is 18.1 Å². The summed E-state index contributed by atoms with van der Waals surface area (Å²) < 4.78 is 5.44. The molecule has 1 heterocycles. The van der Waals surface area contributed by atoms with E-state index in [0.29, 0.717) is 17.9 Å². The summed E-state index contributed by atoms with van der Waals surface area (Å²) in [6.45, 7) is 7.04. The summed E-state index contributed by atoms with van der Waals surface area (Å²) in [6, 6.07) is 20.6. The fraction of sp³-hybridized carbons (Fsp3) is 0.292. The van der Waals surface area contributed by atoms with Gasteiger partial charge < -0.3 is 9.84 Å². The van der Waals surface area contributed by atoms with Gasteiger partial charge in [-0.2, -0.15) is 5.10 Å². The maximum Gasteiger partial charge on any atom is 0.166 e. The van der Waals surface area contributed by atoms with Gasteiger partial charge in [0.2, 0.25) is 0 Å². The van der Waals surface area contributed by atoms with Crippen LogP contribution >= 0.6 is 0 Å². The summed E-state index contributed by atoms with van der Waals surface area (Å²) in [5.74, 6) is 0.643. The minimum Gasteiger partial charge on any atom is -0.504 e. The van der Waals surface area contributed by atoms with Crippen LogP contribution in [0.3, 0.4) is 0 Å². The molecule has 150 valence electrons. The van der Waals surface area contributed by atoms with E-state index in [9.17, 15) is 5.11 Å². The number of phenols is 1. The Kier molecular flexibility index (Phi) is 5.96. The van der Waals surface area contributed by atoms with Crippen molar-refractivity contribution in [2.75, 3.05) is 32.8 Å². The summed E-state index contributed by atoms with van der Waals surface area (Å²) in [4.78, 5) is 2.47. The molecule has 0 spiro atoms. The molecule has 1 N–H and O–H groups in total. The van der Waals surface area contributed by atoms with Crippen molar-refractivity contribution in [1.82, 2.24) is 9.91 Å². The summed E-state index contributed by atoms with van der Waals surface area (Å²) >= 11 is 0. The first-order chi connectivity index (χ1) is 14.2. The van der Waals surface area contributed by atoms with Gasteiger partial charge in [-0.1, -0.05) is 48.5 Å². The first-order valence-corrected chi connectivity index (χ1v) is 10.2. The number of rotatable bonds is 6. The molecule has 3 aromatic rings. The zero-order valence-corrected chi connectivity index (χ0v) is 16.8. The third kappa shape index (κ3) is 4.51. The molecule has 5 heteroatoms. The predicted octanol–water partition coefficient (Wildman–Crippen LogP) is 4.10. The molecule has 5 nitrogen and oxygen atoms in total. The van der Waals surface area contributed by atoms with E-state index in [2.05, 4.69) is 57.5 Å². The molecule has 1 fully saturated rings. The van der Waals surface area contributed by atoms with E-state index >= 15 is 0 Å². The van der Waals surface area contributed by atoms with Crippen molar-refractivity contribution in [3.63, 3.8) is 0 Å². The highest BCUT2D eigenvalue weighted by atomic mass is 16.5. The van der Waals surface area contributed by atoms with Crippen LogP contribution in [-0.4, -0.2) is 54.0 Å². The molecule has 4 rings (SSSR count). The van der Waals surface area contributed by atoms with Gasteiger partial charge in [-0.3, -0.25) is 9.91 Å². The largest absolute Gasteiger partial charge is 0.504 e. The number of hydrogen-bond donors (Lipinski definition) is 1. The number of piperazine rings is 1. The highest BCUT2D eigenvalue weighted by molar-refractivity contribution is 5.85. The van der Waals surface area contributed by atoms with Crippen molar-refractivity contribution in [2.24, 2.45) is 5.10 Å². The molecule has 0 amide bonds. The van der Waals surface area contributed by atoms with Crippen LogP contribution in [0.15, 0.2) is 65.8 Å². The van der Waals surface area contributed by atoms with Gasteiger partial charge >= 0.3 is 0 Å². The van der Waals surface area contributed by atoms with E-state index in [1.807, 2.05) is 19.1 Å². The molecule has 1 aliphatic heterocycles. The predicted molar refractivity (Wildman–Crippen MR) is 118 cm³/mol. The van der Waals surface area contributed by atoms with Gasteiger partial charge in [0.15, 0.2) is 11.5 Å². The lowest BCUT2D eigenvalue weighted by Crippen LogP contribution is -2.43. The number of ether oxygens (including phenoxy) is 1. The van der Waals surface area contributed by atoms with E-state index in [-0.39, 0.29) is 5.75 Å². The topological polar surface area (TPSA) is 48.3 Å². The summed E-state index contributed by atoms with van der Waals surface area (Å²) in [7, 11) is 0. The Morgan fingerprint density at radius 1 is 0.966 bits per heavy atom. The molecule has 0 aliphatic carbocycles. The molecule has 0 radical (unpaired) electrons. The van der Waals surface area contributed by atoms with Crippen molar-refractivity contribution >= 4 is 17.0 Å². The number of phenolic OH excluding ortho intramolecular Hbond substituents is 1. The number of nitrogens with zero attached hydrogens (tertiary/aromatic N) is 3. The fourth-order valence-electron chi connectivity index (χ4n) is 3.74. The molecule has 0 unspecified atom stereocenters. The molecule has 1 saturated heterocycles. The Bertz CT molecular complexity index is 989. The molecule has 0 saturated carbocycles. The lowest BCUT2D eigenvalue weighted by Gasteiger charge is -2.33. The van der Waals surface area contributed by atoms with Crippen LogP contribution < -0.4 is 4.74 Å². The Morgan fingerprint density at radius 2 is 1.72 bits per heavy atom. The summed E-state index contributed by atoms with van der Waals surface area (Å²) in [5, 5.41) is 19.6. The standard InChI is InChI=1S/C24H27N3O2/c1-2-29-23-12-6-9-20(24(23)28)17-25-27-15-13-26(14-16-27)18-21-10-5-8-19-7-3-4-11-22(19)21/h3-12,17,28H,2,13-16,18H2,1H3/b25-17-. The molecule has 29 heavy (non-hydrogen) atoms. The van der Waals surface area contributed by atoms with Crippen molar-refractivity contribution in [3.05, 3.63) is 71.8 Å². The lowest BCUT2D eigenvalue weighted by atomic mass is 10.0. The third-order valence-electron chi connectivity index (χ3n) is 5.31. The summed E-state index contributed by atoms with van der Waals surface area (Å²) in [5.41, 5.74) is 2.05. The zero-order chi connectivity index (χ0) is 20.1. The Hall–Kier alpha value is -3.05. The first-order valence-electron chi connectivity index (χ1n) is 10.2. The quantitative estimate of drug-likeness (QED) is 0.645. The van der Waals surface area contributed by atoms with Crippen LogP contribution in [0.25, 0.3) is 10.8 Å². The second kappa shape index (κ2) is 8.97. The van der Waals surface area contributed by atoms with Crippen LogP contribution in [0.5, 0.6) is 11.5 Å². The number of hydrazone groups is 1. The SMILES string of the molecule is CCOc1cccc(/C=N\N2CCN(Cc3cccc4ccccc34)CC2)c1O. The normalized spacial score (nSPS) is 15.3. The van der Waals surface area contributed by atoms with Gasteiger partial charge in [-0.15, -0.1) is 0 Å². The average molecular weight is 389 g/mol. The van der Waals surface area contributed by atoms with E-state index in [1.54, 1.807) is 12.3 Å². The molecular weight excluding hydrogens is 362 g/mol. The lowest BCUT2D eigenvalue weighted by molar-refractivity contribution is 0.131. The molecule has 1 aliphatic rings. The molecule has 3 aromatic carbocycles. The van der Waals surface area contributed by atoms with E-state index < -0.39 is 0 Å². The Labute approximate surface area is 171 Å². The number of aromatic hydroxyl groups is 1. The van der Waals surface area contributed by atoms with Crippen molar-refractivity contribution in [1.29, 1.82) is 0 Å². The average Bonchev–Trinajstić information content (AvgIpc) is 2.76. The van der Waals surface area contributed by atoms with Gasteiger partial charge in [0.25, 0.3) is 0 Å². The Morgan fingerprint density at radius 3 is 2.55 bits per heavy atom. The van der Waals surface area contributed by atoms with Gasteiger partial charge in [-0.05, 0) is 35.4 Å². The van der Waals surface area contributed by atoms with Crippen molar-refractivity contribution < 1.29 is 9.84 Å². The maximum atomic E-state index is 10.3. The number of hydrogen-bond acceptors (Lipinski definition) is 5. The maximum absolute atomic E-state index is 10.3. The van der Waals surface area contributed by atoms with Gasteiger partial charge in [0.1, 0.15) is 0 Å². The molecule has 0 bridgehead atoms. The fourth-order valence-corrected chi connectivity index (χ4v) is 3.74. The minimum atomic E-state index is 0.146. The minimum absolute atomic E-state index is 0.146. The second-order valence-electron chi connectivity index (χ2n) is 7.24. The van der Waals surface area contributed by atoms with E-state index in [4.69, 9.17) is 4.74 Å². The van der Waals surface area contributed by atoms with Crippen LogP contribution in [-0.2, 0) is 6.54 Å².